The summed E-state index contributed by atoms with van der Waals surface area (Å²) >= 11 is 4.90. The van der Waals surface area contributed by atoms with Gasteiger partial charge in [-0.05, 0) is 28.9 Å². The van der Waals surface area contributed by atoms with Crippen LogP contribution >= 0.6 is 27.3 Å². The number of aryl methyl sites for hydroxylation is 1. The third-order valence-electron chi connectivity index (χ3n) is 4.32. The summed E-state index contributed by atoms with van der Waals surface area (Å²) in [4.78, 5) is 30.4. The minimum Gasteiger partial charge on any atom is -0.352 e. The number of fused-ring (bicyclic) bond motifs is 1. The van der Waals surface area contributed by atoms with Crippen LogP contribution < -0.4 is 9.80 Å². The van der Waals surface area contributed by atoms with Gasteiger partial charge in [-0.15, -0.1) is 11.3 Å². The number of nitrogens with zero attached hydrogens (tertiary/aromatic N) is 6. The maximum atomic E-state index is 11.3. The minimum atomic E-state index is -0.387. The van der Waals surface area contributed by atoms with Gasteiger partial charge in [-0.25, -0.2) is 15.0 Å². The van der Waals surface area contributed by atoms with E-state index < -0.39 is 0 Å². The summed E-state index contributed by atoms with van der Waals surface area (Å²) in [5.74, 6) is 1.34. The average Bonchev–Trinajstić information content (AvgIpc) is 3.02. The van der Waals surface area contributed by atoms with Gasteiger partial charge in [-0.2, -0.15) is 0 Å². The summed E-state index contributed by atoms with van der Waals surface area (Å²) < 4.78 is 0.600. The number of nitro groups is 1. The molecule has 0 radical (unpaired) electrons. The van der Waals surface area contributed by atoms with E-state index in [2.05, 4.69) is 48.8 Å². The molecular weight excluding hydrogens is 420 g/mol. The molecule has 134 valence electrons. The maximum Gasteiger partial charge on any atom is 0.312 e. The molecule has 0 saturated carbocycles. The normalized spacial score (nSPS) is 14.8. The van der Waals surface area contributed by atoms with Crippen molar-refractivity contribution in [1.82, 2.24) is 15.0 Å². The Labute approximate surface area is 161 Å². The summed E-state index contributed by atoms with van der Waals surface area (Å²) in [6.45, 7) is 4.78. The molecule has 8 nitrogen and oxygen atoms in total. The first-order valence-corrected chi connectivity index (χ1v) is 9.65. The highest BCUT2D eigenvalue weighted by molar-refractivity contribution is 9.10. The fourth-order valence-electron chi connectivity index (χ4n) is 3.14. The number of thiophene rings is 1. The molecule has 0 atom stereocenters. The highest BCUT2D eigenvalue weighted by atomic mass is 79.9. The van der Waals surface area contributed by atoms with Crippen LogP contribution in [0.2, 0.25) is 0 Å². The molecule has 1 aliphatic heterocycles. The topological polar surface area (TPSA) is 88.3 Å². The van der Waals surface area contributed by atoms with Gasteiger partial charge < -0.3 is 9.80 Å². The Kier molecular flexibility index (Phi) is 4.45. The zero-order valence-electron chi connectivity index (χ0n) is 13.9. The highest BCUT2D eigenvalue weighted by Crippen LogP contribution is 2.32. The van der Waals surface area contributed by atoms with Crippen molar-refractivity contribution in [2.45, 2.75) is 6.92 Å². The van der Waals surface area contributed by atoms with E-state index in [9.17, 15) is 10.1 Å². The zero-order chi connectivity index (χ0) is 18.3. The lowest BCUT2D eigenvalue weighted by Gasteiger charge is -2.35. The van der Waals surface area contributed by atoms with Crippen molar-refractivity contribution in [3.63, 3.8) is 0 Å². The Hall–Kier alpha value is -2.33. The third kappa shape index (κ3) is 3.10. The lowest BCUT2D eigenvalue weighted by atomic mass is 10.2. The van der Waals surface area contributed by atoms with Gasteiger partial charge in [0.1, 0.15) is 17.0 Å². The van der Waals surface area contributed by atoms with Crippen molar-refractivity contribution in [3.8, 4) is 0 Å². The van der Waals surface area contributed by atoms with Gasteiger partial charge in [-0.3, -0.25) is 10.1 Å². The Bertz CT molecular complexity index is 986. The fraction of sp³-hybridized carbons (Fsp3) is 0.312. The zero-order valence-corrected chi connectivity index (χ0v) is 16.3. The third-order valence-corrected chi connectivity index (χ3v) is 5.71. The van der Waals surface area contributed by atoms with Crippen LogP contribution in [0, 0.1) is 17.0 Å². The molecule has 1 aliphatic rings. The van der Waals surface area contributed by atoms with E-state index >= 15 is 0 Å². The van der Waals surface area contributed by atoms with E-state index in [0.29, 0.717) is 23.4 Å². The van der Waals surface area contributed by atoms with Gasteiger partial charge in [0.2, 0.25) is 5.82 Å². The number of piperazine rings is 1. The Morgan fingerprint density at radius 3 is 2.50 bits per heavy atom. The lowest BCUT2D eigenvalue weighted by molar-refractivity contribution is -0.384. The molecule has 0 aliphatic carbocycles. The van der Waals surface area contributed by atoms with Crippen molar-refractivity contribution in [1.29, 1.82) is 0 Å². The van der Waals surface area contributed by atoms with Crippen LogP contribution in [-0.2, 0) is 0 Å². The van der Waals surface area contributed by atoms with Crippen LogP contribution in [-0.4, -0.2) is 46.1 Å². The molecular formula is C16H15BrN6O2S. The molecule has 0 bridgehead atoms. The lowest BCUT2D eigenvalue weighted by Crippen LogP contribution is -2.47. The van der Waals surface area contributed by atoms with Crippen molar-refractivity contribution in [2.75, 3.05) is 36.0 Å². The number of rotatable bonds is 3. The molecule has 0 N–H and O–H groups in total. The molecule has 0 spiro atoms. The Morgan fingerprint density at radius 1 is 1.12 bits per heavy atom. The van der Waals surface area contributed by atoms with Gasteiger partial charge in [0.05, 0.1) is 10.3 Å². The van der Waals surface area contributed by atoms with Crippen LogP contribution in [0.15, 0.2) is 29.1 Å². The van der Waals surface area contributed by atoms with Crippen molar-refractivity contribution in [3.05, 3.63) is 44.1 Å². The monoisotopic (exact) mass is 434 g/mol. The molecule has 0 aromatic carbocycles. The molecule has 0 amide bonds. The molecule has 3 aromatic heterocycles. The Morgan fingerprint density at radius 2 is 1.81 bits per heavy atom. The van der Waals surface area contributed by atoms with Crippen molar-refractivity contribution < 1.29 is 4.92 Å². The average molecular weight is 435 g/mol. The number of halogens is 1. The van der Waals surface area contributed by atoms with Gasteiger partial charge in [0, 0.05) is 47.8 Å². The maximum absolute atomic E-state index is 11.3. The summed E-state index contributed by atoms with van der Waals surface area (Å²) in [7, 11) is 0. The van der Waals surface area contributed by atoms with E-state index in [-0.39, 0.29) is 10.6 Å². The number of pyridine rings is 1. The second-order valence-electron chi connectivity index (χ2n) is 6.00. The van der Waals surface area contributed by atoms with Gasteiger partial charge in [0.15, 0.2) is 0 Å². The summed E-state index contributed by atoms with van der Waals surface area (Å²) in [5, 5.41) is 12.4. The predicted octanol–water partition coefficient (Wildman–Crippen LogP) is 3.39. The first kappa shape index (κ1) is 17.1. The number of hydrogen-bond donors (Lipinski definition) is 0. The number of aromatic nitrogens is 3. The molecule has 10 heteroatoms. The van der Waals surface area contributed by atoms with E-state index in [0.717, 1.165) is 29.1 Å². The molecule has 4 heterocycles. The SMILES string of the molecule is Cc1cc2c(N3CCN(c4ncc(Br)cc4[N+](=O)[O-])CC3)ncnc2s1. The van der Waals surface area contributed by atoms with Crippen LogP contribution in [0.4, 0.5) is 17.3 Å². The van der Waals surface area contributed by atoms with Gasteiger partial charge >= 0.3 is 5.69 Å². The summed E-state index contributed by atoms with van der Waals surface area (Å²) in [6, 6.07) is 3.61. The van der Waals surface area contributed by atoms with E-state index in [1.807, 2.05) is 4.90 Å². The molecule has 1 saturated heterocycles. The molecule has 1 fully saturated rings. The molecule has 3 aromatic rings. The van der Waals surface area contributed by atoms with E-state index in [4.69, 9.17) is 0 Å². The van der Waals surface area contributed by atoms with Crippen molar-refractivity contribution in [2.24, 2.45) is 0 Å². The van der Waals surface area contributed by atoms with Gasteiger partial charge in [0.25, 0.3) is 0 Å². The van der Waals surface area contributed by atoms with Crippen LogP contribution in [0.5, 0.6) is 0 Å². The largest absolute Gasteiger partial charge is 0.352 e. The van der Waals surface area contributed by atoms with Gasteiger partial charge in [-0.1, -0.05) is 0 Å². The standard InChI is InChI=1S/C16H15BrN6O2S/c1-10-6-12-14(19-9-20-16(12)26-10)21-2-4-22(5-3-21)15-13(23(24)25)7-11(17)8-18-15/h6-9H,2-5H2,1H3. The second kappa shape index (κ2) is 6.76. The predicted molar refractivity (Wildman–Crippen MR) is 105 cm³/mol. The summed E-state index contributed by atoms with van der Waals surface area (Å²) in [6.07, 6.45) is 3.19. The van der Waals surface area contributed by atoms with Crippen LogP contribution in [0.1, 0.15) is 4.88 Å². The number of hydrogen-bond acceptors (Lipinski definition) is 8. The van der Waals surface area contributed by atoms with E-state index in [1.165, 1.54) is 10.9 Å². The molecule has 4 rings (SSSR count). The second-order valence-corrected chi connectivity index (χ2v) is 8.15. The van der Waals surface area contributed by atoms with Crippen LogP contribution in [0.3, 0.4) is 0 Å². The first-order valence-electron chi connectivity index (χ1n) is 8.04. The van der Waals surface area contributed by atoms with Crippen molar-refractivity contribution >= 4 is 54.8 Å². The highest BCUT2D eigenvalue weighted by Gasteiger charge is 2.26. The molecule has 26 heavy (non-hydrogen) atoms. The van der Waals surface area contributed by atoms with E-state index in [1.54, 1.807) is 23.9 Å². The minimum absolute atomic E-state index is 0.0192. The smallest absolute Gasteiger partial charge is 0.312 e. The molecule has 0 unspecified atom stereocenters. The first-order chi connectivity index (χ1) is 12.5. The summed E-state index contributed by atoms with van der Waals surface area (Å²) in [5.41, 5.74) is 0.0192. The number of anilines is 2. The Balaban J connectivity index is 1.57. The van der Waals surface area contributed by atoms with Crippen LogP contribution in [0.25, 0.3) is 10.2 Å². The fourth-order valence-corrected chi connectivity index (χ4v) is 4.31. The quantitative estimate of drug-likeness (QED) is 0.460.